The zero-order chi connectivity index (χ0) is 16.8. The first-order chi connectivity index (χ1) is 12.4. The van der Waals surface area contributed by atoms with E-state index in [4.69, 9.17) is 9.72 Å². The highest BCUT2D eigenvalue weighted by atomic mass is 16.5. The van der Waals surface area contributed by atoms with Crippen molar-refractivity contribution in [2.45, 2.75) is 0 Å². The summed E-state index contributed by atoms with van der Waals surface area (Å²) in [5, 5.41) is 2.00. The molecule has 5 heteroatoms. The number of methoxy groups -OCH3 is 1. The minimum Gasteiger partial charge on any atom is -0.496 e. The van der Waals surface area contributed by atoms with Crippen LogP contribution in [0.15, 0.2) is 60.9 Å². The standard InChI is InChI=1S/C20H14N4O/c1-25-15-9-3-2-6-12(15)20-23-18-13-7-4-10-21-16(13)17-14(19(18)24-20)8-5-11-22-17/h2-11H,1H3,(H,23,24). The monoisotopic (exact) mass is 326 g/mol. The van der Waals surface area contributed by atoms with Gasteiger partial charge in [-0.25, -0.2) is 4.98 Å². The lowest BCUT2D eigenvalue weighted by molar-refractivity contribution is 0.416. The van der Waals surface area contributed by atoms with E-state index in [2.05, 4.69) is 15.0 Å². The van der Waals surface area contributed by atoms with E-state index < -0.39 is 0 Å². The van der Waals surface area contributed by atoms with Gasteiger partial charge in [0.1, 0.15) is 11.6 Å². The van der Waals surface area contributed by atoms with E-state index >= 15 is 0 Å². The third-order valence-corrected chi connectivity index (χ3v) is 4.43. The van der Waals surface area contributed by atoms with Crippen LogP contribution < -0.4 is 4.74 Å². The molecule has 5 aromatic rings. The molecule has 0 fully saturated rings. The molecule has 3 heterocycles. The smallest absolute Gasteiger partial charge is 0.142 e. The molecule has 0 aliphatic heterocycles. The Labute approximate surface area is 143 Å². The van der Waals surface area contributed by atoms with Gasteiger partial charge in [-0.3, -0.25) is 9.97 Å². The summed E-state index contributed by atoms with van der Waals surface area (Å²) in [6.45, 7) is 0. The normalized spacial score (nSPS) is 11.4. The number of imidazole rings is 1. The van der Waals surface area contributed by atoms with Crippen molar-refractivity contribution >= 4 is 32.8 Å². The number of aromatic amines is 1. The number of benzene rings is 2. The van der Waals surface area contributed by atoms with Gasteiger partial charge in [-0.2, -0.15) is 0 Å². The van der Waals surface area contributed by atoms with Crippen LogP contribution in [0.1, 0.15) is 0 Å². The Balaban J connectivity index is 1.94. The summed E-state index contributed by atoms with van der Waals surface area (Å²) in [5.74, 6) is 1.56. The topological polar surface area (TPSA) is 63.7 Å². The molecule has 0 radical (unpaired) electrons. The minimum atomic E-state index is 0.772. The lowest BCUT2D eigenvalue weighted by Crippen LogP contribution is -1.88. The van der Waals surface area contributed by atoms with Crippen molar-refractivity contribution in [1.82, 2.24) is 19.9 Å². The maximum Gasteiger partial charge on any atom is 0.142 e. The second kappa shape index (κ2) is 5.27. The van der Waals surface area contributed by atoms with Crippen LogP contribution in [0, 0.1) is 0 Å². The molecule has 120 valence electrons. The first-order valence-corrected chi connectivity index (χ1v) is 8.01. The van der Waals surface area contributed by atoms with Crippen molar-refractivity contribution < 1.29 is 4.74 Å². The number of fused-ring (bicyclic) bond motifs is 6. The molecule has 0 aliphatic carbocycles. The zero-order valence-electron chi connectivity index (χ0n) is 13.5. The van der Waals surface area contributed by atoms with Crippen LogP contribution in [-0.4, -0.2) is 27.0 Å². The Morgan fingerprint density at radius 2 is 1.52 bits per heavy atom. The number of rotatable bonds is 2. The van der Waals surface area contributed by atoms with E-state index in [9.17, 15) is 0 Å². The number of hydrogen-bond acceptors (Lipinski definition) is 4. The molecule has 0 bridgehead atoms. The third kappa shape index (κ3) is 1.99. The molecule has 0 saturated carbocycles. The fourth-order valence-electron chi connectivity index (χ4n) is 3.31. The van der Waals surface area contributed by atoms with Gasteiger partial charge in [0.05, 0.1) is 34.7 Å². The largest absolute Gasteiger partial charge is 0.496 e. The Kier molecular flexibility index (Phi) is 2.94. The maximum absolute atomic E-state index is 5.49. The molecule has 0 spiro atoms. The highest BCUT2D eigenvalue weighted by molar-refractivity contribution is 6.21. The number of H-pyrrole nitrogens is 1. The molecular weight excluding hydrogens is 312 g/mol. The van der Waals surface area contributed by atoms with Crippen molar-refractivity contribution in [3.05, 3.63) is 60.9 Å². The van der Waals surface area contributed by atoms with Gasteiger partial charge in [0, 0.05) is 23.2 Å². The first kappa shape index (κ1) is 13.9. The van der Waals surface area contributed by atoms with Crippen molar-refractivity contribution in [2.24, 2.45) is 0 Å². The number of nitrogens with zero attached hydrogens (tertiary/aromatic N) is 3. The number of nitrogens with one attached hydrogen (secondary N) is 1. The minimum absolute atomic E-state index is 0.772. The maximum atomic E-state index is 5.49. The van der Waals surface area contributed by atoms with Gasteiger partial charge >= 0.3 is 0 Å². The van der Waals surface area contributed by atoms with Crippen molar-refractivity contribution in [2.75, 3.05) is 7.11 Å². The number of hydrogen-bond donors (Lipinski definition) is 1. The zero-order valence-corrected chi connectivity index (χ0v) is 13.5. The summed E-state index contributed by atoms with van der Waals surface area (Å²) in [5.41, 5.74) is 4.52. The Hall–Kier alpha value is -3.47. The molecule has 0 unspecified atom stereocenters. The first-order valence-electron chi connectivity index (χ1n) is 8.01. The number of aromatic nitrogens is 4. The van der Waals surface area contributed by atoms with Gasteiger partial charge in [0.15, 0.2) is 0 Å². The van der Waals surface area contributed by atoms with Gasteiger partial charge in [-0.05, 0) is 36.4 Å². The molecule has 2 aromatic carbocycles. The fraction of sp³-hybridized carbons (Fsp3) is 0.0500. The fourth-order valence-corrected chi connectivity index (χ4v) is 3.31. The van der Waals surface area contributed by atoms with E-state index in [1.807, 2.05) is 48.5 Å². The van der Waals surface area contributed by atoms with E-state index in [1.54, 1.807) is 19.5 Å². The van der Waals surface area contributed by atoms with Gasteiger partial charge in [0.25, 0.3) is 0 Å². The molecule has 0 aliphatic rings. The quantitative estimate of drug-likeness (QED) is 0.490. The summed E-state index contributed by atoms with van der Waals surface area (Å²) in [7, 11) is 1.67. The summed E-state index contributed by atoms with van der Waals surface area (Å²) in [6.07, 6.45) is 3.58. The summed E-state index contributed by atoms with van der Waals surface area (Å²) < 4.78 is 5.49. The Morgan fingerprint density at radius 3 is 2.32 bits per heavy atom. The summed E-state index contributed by atoms with van der Waals surface area (Å²) >= 11 is 0. The van der Waals surface area contributed by atoms with Crippen LogP contribution in [0.3, 0.4) is 0 Å². The summed E-state index contributed by atoms with van der Waals surface area (Å²) in [4.78, 5) is 17.4. The molecular formula is C20H14N4O. The molecule has 3 aromatic heterocycles. The second-order valence-corrected chi connectivity index (χ2v) is 5.81. The Morgan fingerprint density at radius 1 is 0.800 bits per heavy atom. The van der Waals surface area contributed by atoms with E-state index in [0.717, 1.165) is 50.0 Å². The number of para-hydroxylation sites is 1. The second-order valence-electron chi connectivity index (χ2n) is 5.81. The number of ether oxygens (including phenoxy) is 1. The van der Waals surface area contributed by atoms with Crippen LogP contribution in [0.25, 0.3) is 44.2 Å². The molecule has 0 saturated heterocycles. The van der Waals surface area contributed by atoms with Crippen LogP contribution in [0.5, 0.6) is 5.75 Å². The van der Waals surface area contributed by atoms with Gasteiger partial charge in [-0.15, -0.1) is 0 Å². The average Bonchev–Trinajstić information content (AvgIpc) is 3.14. The van der Waals surface area contributed by atoms with Gasteiger partial charge in [0.2, 0.25) is 0 Å². The van der Waals surface area contributed by atoms with Crippen molar-refractivity contribution in [3.63, 3.8) is 0 Å². The highest BCUT2D eigenvalue weighted by Gasteiger charge is 2.16. The Bertz CT molecular complexity index is 1170. The molecule has 25 heavy (non-hydrogen) atoms. The highest BCUT2D eigenvalue weighted by Crippen LogP contribution is 2.35. The van der Waals surface area contributed by atoms with Crippen LogP contribution in [0.4, 0.5) is 0 Å². The molecule has 1 N–H and O–H groups in total. The van der Waals surface area contributed by atoms with Crippen LogP contribution >= 0.6 is 0 Å². The van der Waals surface area contributed by atoms with Crippen molar-refractivity contribution in [1.29, 1.82) is 0 Å². The third-order valence-electron chi connectivity index (χ3n) is 4.43. The molecule has 5 rings (SSSR count). The van der Waals surface area contributed by atoms with Crippen molar-refractivity contribution in [3.8, 4) is 17.1 Å². The van der Waals surface area contributed by atoms with Gasteiger partial charge in [-0.1, -0.05) is 12.1 Å². The SMILES string of the molecule is COc1ccccc1-c1nc2c3cccnc3c3ncccc3c2[nH]1. The lowest BCUT2D eigenvalue weighted by Gasteiger charge is -2.04. The molecule has 0 atom stereocenters. The van der Waals surface area contributed by atoms with Crippen LogP contribution in [-0.2, 0) is 0 Å². The number of pyridine rings is 2. The van der Waals surface area contributed by atoms with E-state index in [0.29, 0.717) is 0 Å². The van der Waals surface area contributed by atoms with Crippen LogP contribution in [0.2, 0.25) is 0 Å². The van der Waals surface area contributed by atoms with E-state index in [-0.39, 0.29) is 0 Å². The summed E-state index contributed by atoms with van der Waals surface area (Å²) in [6, 6.07) is 15.8. The predicted octanol–water partition coefficient (Wildman–Crippen LogP) is 4.33. The lowest BCUT2D eigenvalue weighted by atomic mass is 10.1. The van der Waals surface area contributed by atoms with Gasteiger partial charge < -0.3 is 9.72 Å². The predicted molar refractivity (Wildman–Crippen MR) is 98.7 cm³/mol. The average molecular weight is 326 g/mol. The van der Waals surface area contributed by atoms with E-state index in [1.165, 1.54) is 0 Å². The molecule has 0 amide bonds. The molecule has 5 nitrogen and oxygen atoms in total.